The largest absolute Gasteiger partial charge is 0.481 e. The Morgan fingerprint density at radius 1 is 1.40 bits per heavy atom. The Labute approximate surface area is 114 Å². The van der Waals surface area contributed by atoms with Gasteiger partial charge in [-0.05, 0) is 12.1 Å². The van der Waals surface area contributed by atoms with E-state index in [-0.39, 0.29) is 29.5 Å². The van der Waals surface area contributed by atoms with Gasteiger partial charge in [0.2, 0.25) is 21.7 Å². The maximum absolute atomic E-state index is 11.2. The fraction of sp³-hybridized carbons (Fsp3) is 0.182. The Bertz CT molecular complexity index is 738. The Hall–Kier alpha value is -2.26. The van der Waals surface area contributed by atoms with Gasteiger partial charge in [0.1, 0.15) is 0 Å². The lowest BCUT2D eigenvalue weighted by Gasteiger charge is -1.99. The summed E-state index contributed by atoms with van der Waals surface area (Å²) in [6, 6.07) is 5.77. The van der Waals surface area contributed by atoms with Gasteiger partial charge in [-0.1, -0.05) is 17.3 Å². The number of hydrogen-bond donors (Lipinski definition) is 2. The average molecular weight is 297 g/mol. The average Bonchev–Trinajstić information content (AvgIpc) is 2.84. The summed E-state index contributed by atoms with van der Waals surface area (Å²) in [5.41, 5.74) is 0.418. The number of rotatable bonds is 5. The molecule has 0 spiro atoms. The molecule has 20 heavy (non-hydrogen) atoms. The highest BCUT2D eigenvalue weighted by molar-refractivity contribution is 7.89. The molecule has 0 fully saturated rings. The van der Waals surface area contributed by atoms with Crippen LogP contribution >= 0.6 is 0 Å². The fourth-order valence-electron chi connectivity index (χ4n) is 1.50. The van der Waals surface area contributed by atoms with Crippen molar-refractivity contribution in [1.29, 1.82) is 0 Å². The molecule has 0 aliphatic heterocycles. The number of carbonyl (C=O) groups is 1. The van der Waals surface area contributed by atoms with E-state index in [9.17, 15) is 13.2 Å². The van der Waals surface area contributed by atoms with E-state index in [1.165, 1.54) is 18.2 Å². The van der Waals surface area contributed by atoms with Crippen LogP contribution in [0.3, 0.4) is 0 Å². The molecule has 0 saturated carbocycles. The molecule has 0 bridgehead atoms. The minimum absolute atomic E-state index is 0.0631. The number of primary sulfonamides is 1. The number of aromatic nitrogens is 2. The highest BCUT2D eigenvalue weighted by Gasteiger charge is 2.13. The maximum Gasteiger partial charge on any atom is 0.303 e. The van der Waals surface area contributed by atoms with Gasteiger partial charge in [0.05, 0.1) is 11.3 Å². The highest BCUT2D eigenvalue weighted by Crippen LogP contribution is 2.19. The number of carboxylic acid groups (broad SMARTS) is 1. The number of aryl methyl sites for hydroxylation is 1. The second-order valence-corrected chi connectivity index (χ2v) is 5.54. The SMILES string of the molecule is NS(=O)(=O)c1cccc(-c2noc(CCC(=O)O)n2)c1. The van der Waals surface area contributed by atoms with Crippen LogP contribution in [0.1, 0.15) is 12.3 Å². The van der Waals surface area contributed by atoms with E-state index in [2.05, 4.69) is 10.1 Å². The van der Waals surface area contributed by atoms with E-state index >= 15 is 0 Å². The molecule has 0 unspecified atom stereocenters. The minimum atomic E-state index is -3.81. The smallest absolute Gasteiger partial charge is 0.303 e. The summed E-state index contributed by atoms with van der Waals surface area (Å²) in [7, 11) is -3.81. The van der Waals surface area contributed by atoms with Gasteiger partial charge in [-0.15, -0.1) is 0 Å². The third-order valence-corrected chi connectivity index (χ3v) is 3.35. The van der Waals surface area contributed by atoms with E-state index in [1.807, 2.05) is 0 Å². The molecule has 0 amide bonds. The van der Waals surface area contributed by atoms with Crippen LogP contribution in [0.4, 0.5) is 0 Å². The molecule has 0 atom stereocenters. The van der Waals surface area contributed by atoms with Crippen molar-refractivity contribution in [2.75, 3.05) is 0 Å². The molecule has 0 saturated heterocycles. The number of benzene rings is 1. The van der Waals surface area contributed by atoms with E-state index in [1.54, 1.807) is 6.07 Å². The summed E-state index contributed by atoms with van der Waals surface area (Å²) in [4.78, 5) is 14.4. The predicted molar refractivity (Wildman–Crippen MR) is 67.1 cm³/mol. The number of nitrogens with two attached hydrogens (primary N) is 1. The lowest BCUT2D eigenvalue weighted by Crippen LogP contribution is -2.11. The number of carboxylic acids is 1. The predicted octanol–water partition coefficient (Wildman–Crippen LogP) is 0.401. The zero-order valence-electron chi connectivity index (χ0n) is 10.2. The van der Waals surface area contributed by atoms with Gasteiger partial charge in [-0.3, -0.25) is 4.79 Å². The lowest BCUT2D eigenvalue weighted by atomic mass is 10.2. The van der Waals surface area contributed by atoms with Crippen molar-refractivity contribution in [2.24, 2.45) is 5.14 Å². The van der Waals surface area contributed by atoms with Crippen molar-refractivity contribution in [1.82, 2.24) is 10.1 Å². The van der Waals surface area contributed by atoms with Crippen molar-refractivity contribution in [3.63, 3.8) is 0 Å². The quantitative estimate of drug-likeness (QED) is 0.814. The maximum atomic E-state index is 11.2. The number of aliphatic carboxylic acids is 1. The Kier molecular flexibility index (Phi) is 3.81. The third kappa shape index (κ3) is 3.39. The van der Waals surface area contributed by atoms with Crippen LogP contribution in [0.2, 0.25) is 0 Å². The van der Waals surface area contributed by atoms with Crippen molar-refractivity contribution in [3.05, 3.63) is 30.2 Å². The fourth-order valence-corrected chi connectivity index (χ4v) is 2.06. The van der Waals surface area contributed by atoms with Gasteiger partial charge < -0.3 is 9.63 Å². The van der Waals surface area contributed by atoms with E-state index in [0.29, 0.717) is 5.56 Å². The third-order valence-electron chi connectivity index (χ3n) is 2.44. The summed E-state index contributed by atoms with van der Waals surface area (Å²) < 4.78 is 27.4. The first-order valence-electron chi connectivity index (χ1n) is 5.54. The van der Waals surface area contributed by atoms with Crippen molar-refractivity contribution < 1.29 is 22.8 Å². The van der Waals surface area contributed by atoms with Crippen LogP contribution in [-0.2, 0) is 21.2 Å². The van der Waals surface area contributed by atoms with E-state index < -0.39 is 16.0 Å². The summed E-state index contributed by atoms with van der Waals surface area (Å²) in [6.45, 7) is 0. The van der Waals surface area contributed by atoms with Crippen LogP contribution < -0.4 is 5.14 Å². The molecular weight excluding hydrogens is 286 g/mol. The molecule has 2 rings (SSSR count). The van der Waals surface area contributed by atoms with Crippen molar-refractivity contribution in [2.45, 2.75) is 17.7 Å². The molecule has 9 heteroatoms. The minimum Gasteiger partial charge on any atom is -0.481 e. The first kappa shape index (κ1) is 14.2. The molecule has 2 aromatic rings. The number of sulfonamides is 1. The Balaban J connectivity index is 2.26. The molecule has 0 radical (unpaired) electrons. The first-order valence-corrected chi connectivity index (χ1v) is 7.08. The van der Waals surface area contributed by atoms with Crippen LogP contribution in [0.15, 0.2) is 33.7 Å². The Morgan fingerprint density at radius 3 is 2.80 bits per heavy atom. The zero-order chi connectivity index (χ0) is 14.8. The van der Waals surface area contributed by atoms with Gasteiger partial charge in [0.15, 0.2) is 0 Å². The van der Waals surface area contributed by atoms with Crippen molar-refractivity contribution in [3.8, 4) is 11.4 Å². The molecule has 3 N–H and O–H groups in total. The molecule has 1 aromatic heterocycles. The van der Waals surface area contributed by atoms with Gasteiger partial charge in [-0.25, -0.2) is 13.6 Å². The zero-order valence-corrected chi connectivity index (χ0v) is 11.0. The number of nitrogens with zero attached hydrogens (tertiary/aromatic N) is 2. The van der Waals surface area contributed by atoms with Crippen LogP contribution in [0.25, 0.3) is 11.4 Å². The lowest BCUT2D eigenvalue weighted by molar-refractivity contribution is -0.137. The van der Waals surface area contributed by atoms with Crippen molar-refractivity contribution >= 4 is 16.0 Å². The molecule has 8 nitrogen and oxygen atoms in total. The molecule has 0 aliphatic rings. The van der Waals surface area contributed by atoms with Gasteiger partial charge >= 0.3 is 5.97 Å². The summed E-state index contributed by atoms with van der Waals surface area (Å²) in [5.74, 6) is -0.625. The van der Waals surface area contributed by atoms with Crippen LogP contribution in [-0.4, -0.2) is 29.6 Å². The monoisotopic (exact) mass is 297 g/mol. The summed E-state index contributed by atoms with van der Waals surface area (Å²) in [6.07, 6.45) is -0.0178. The van der Waals surface area contributed by atoms with Crippen LogP contribution in [0, 0.1) is 0 Å². The molecule has 1 aromatic carbocycles. The second kappa shape index (κ2) is 5.39. The van der Waals surface area contributed by atoms with Gasteiger partial charge in [0.25, 0.3) is 0 Å². The molecule has 1 heterocycles. The molecule has 0 aliphatic carbocycles. The first-order chi connectivity index (χ1) is 9.36. The van der Waals surface area contributed by atoms with E-state index in [4.69, 9.17) is 14.8 Å². The summed E-state index contributed by atoms with van der Waals surface area (Å²) in [5, 5.41) is 17.3. The summed E-state index contributed by atoms with van der Waals surface area (Å²) >= 11 is 0. The standard InChI is InChI=1S/C11H11N3O5S/c12-20(17,18)8-3-1-2-7(6-8)11-13-9(19-14-11)4-5-10(15)16/h1-3,6H,4-5H2,(H,15,16)(H2,12,17,18). The Morgan fingerprint density at radius 2 is 2.15 bits per heavy atom. The molecule has 106 valence electrons. The topological polar surface area (TPSA) is 136 Å². The highest BCUT2D eigenvalue weighted by atomic mass is 32.2. The van der Waals surface area contributed by atoms with E-state index in [0.717, 1.165) is 0 Å². The molecular formula is C11H11N3O5S. The second-order valence-electron chi connectivity index (χ2n) is 3.98. The number of hydrogen-bond acceptors (Lipinski definition) is 6. The van der Waals surface area contributed by atoms with Gasteiger partial charge in [0, 0.05) is 12.0 Å². The van der Waals surface area contributed by atoms with Gasteiger partial charge in [-0.2, -0.15) is 4.98 Å². The normalized spacial score (nSPS) is 11.4. The van der Waals surface area contributed by atoms with Crippen LogP contribution in [0.5, 0.6) is 0 Å².